The number of ether oxygens (including phenoxy) is 1. The van der Waals surface area contributed by atoms with E-state index in [1.54, 1.807) is 4.90 Å². The normalized spacial score (nSPS) is 16.2. The van der Waals surface area contributed by atoms with Crippen LogP contribution in [0.4, 0.5) is 14.6 Å². The molecule has 1 aromatic heterocycles. The number of imidazole rings is 1. The van der Waals surface area contributed by atoms with Gasteiger partial charge in [-0.3, -0.25) is 14.6 Å². The Bertz CT molecular complexity index is 1650. The third kappa shape index (κ3) is 4.45. The summed E-state index contributed by atoms with van der Waals surface area (Å²) < 4.78 is 36.6. The quantitative estimate of drug-likeness (QED) is 0.271. The summed E-state index contributed by atoms with van der Waals surface area (Å²) in [7, 11) is 1.24. The number of anilines is 1. The van der Waals surface area contributed by atoms with Crippen LogP contribution in [0.3, 0.4) is 0 Å². The van der Waals surface area contributed by atoms with E-state index in [4.69, 9.17) is 14.7 Å². The van der Waals surface area contributed by atoms with Crippen molar-refractivity contribution in [3.05, 3.63) is 89.6 Å². The summed E-state index contributed by atoms with van der Waals surface area (Å²) in [5.74, 6) is -0.351. The van der Waals surface area contributed by atoms with Crippen molar-refractivity contribution in [1.82, 2.24) is 14.5 Å². The van der Waals surface area contributed by atoms with Crippen molar-refractivity contribution < 1.29 is 18.3 Å². The Labute approximate surface area is 237 Å². The van der Waals surface area contributed by atoms with Gasteiger partial charge in [0, 0.05) is 17.7 Å². The summed E-state index contributed by atoms with van der Waals surface area (Å²) in [6.07, 6.45) is 0. The molecule has 0 N–H and O–H groups in total. The van der Waals surface area contributed by atoms with Gasteiger partial charge < -0.3 is 9.30 Å². The number of guanidine groups is 1. The highest BCUT2D eigenvalue weighted by molar-refractivity contribution is 6.18. The molecule has 0 fully saturated rings. The second-order valence-electron chi connectivity index (χ2n) is 10.6. The van der Waals surface area contributed by atoms with Crippen molar-refractivity contribution in [3.8, 4) is 28.3 Å². The van der Waals surface area contributed by atoms with Gasteiger partial charge in [-0.2, -0.15) is 0 Å². The smallest absolute Gasteiger partial charge is 0.283 e. The minimum absolute atomic E-state index is 0.0100. The van der Waals surface area contributed by atoms with Crippen molar-refractivity contribution >= 4 is 17.7 Å². The Morgan fingerprint density at radius 3 is 2.32 bits per heavy atom. The summed E-state index contributed by atoms with van der Waals surface area (Å²) in [5.41, 5.74) is 3.38. The predicted octanol–water partition coefficient (Wildman–Crippen LogP) is 6.23. The Kier molecular flexibility index (Phi) is 6.81. The molecule has 1 atom stereocenters. The second-order valence-corrected chi connectivity index (χ2v) is 10.6. The molecule has 2 aliphatic rings. The Balaban J connectivity index is 1.53. The summed E-state index contributed by atoms with van der Waals surface area (Å²) in [6.45, 7) is 7.13. The Morgan fingerprint density at radius 2 is 1.66 bits per heavy atom. The van der Waals surface area contributed by atoms with Gasteiger partial charge in [0.15, 0.2) is 23.1 Å². The zero-order chi connectivity index (χ0) is 28.8. The first-order chi connectivity index (χ1) is 19.8. The maximum absolute atomic E-state index is 15.5. The molecule has 41 heavy (non-hydrogen) atoms. The van der Waals surface area contributed by atoms with E-state index in [0.717, 1.165) is 16.7 Å². The molecule has 3 aromatic carbocycles. The topological polar surface area (TPSA) is 63.0 Å². The van der Waals surface area contributed by atoms with Crippen LogP contribution in [0.2, 0.25) is 0 Å². The van der Waals surface area contributed by atoms with Crippen LogP contribution in [-0.2, 0) is 6.54 Å². The molecule has 3 heterocycles. The van der Waals surface area contributed by atoms with E-state index < -0.39 is 17.4 Å². The van der Waals surface area contributed by atoms with E-state index in [0.29, 0.717) is 30.7 Å². The second kappa shape index (κ2) is 10.5. The highest BCUT2D eigenvalue weighted by Gasteiger charge is 2.44. The van der Waals surface area contributed by atoms with E-state index in [9.17, 15) is 9.18 Å². The van der Waals surface area contributed by atoms with Gasteiger partial charge in [0.2, 0.25) is 5.96 Å². The van der Waals surface area contributed by atoms with Gasteiger partial charge >= 0.3 is 0 Å². The lowest BCUT2D eigenvalue weighted by molar-refractivity contribution is 0.0841. The number of benzene rings is 3. The molecule has 7 nitrogen and oxygen atoms in total. The number of aliphatic imine (C=N–C) groups is 1. The number of rotatable bonds is 7. The maximum atomic E-state index is 15.5. The zero-order valence-electron chi connectivity index (χ0n) is 23.4. The summed E-state index contributed by atoms with van der Waals surface area (Å²) >= 11 is 0. The number of hydrogen-bond donors (Lipinski definition) is 0. The van der Waals surface area contributed by atoms with Crippen LogP contribution < -0.4 is 9.64 Å². The van der Waals surface area contributed by atoms with E-state index in [-0.39, 0.29) is 35.7 Å². The van der Waals surface area contributed by atoms with Crippen LogP contribution in [0.5, 0.6) is 5.75 Å². The Hall–Kier alpha value is -4.53. The van der Waals surface area contributed by atoms with Crippen LogP contribution in [-0.4, -0.2) is 52.6 Å². The summed E-state index contributed by atoms with van der Waals surface area (Å²) in [4.78, 5) is 27.2. The van der Waals surface area contributed by atoms with Crippen LogP contribution in [0, 0.1) is 17.6 Å². The minimum Gasteiger partial charge on any atom is -0.491 e. The molecule has 9 heteroatoms. The van der Waals surface area contributed by atoms with Gasteiger partial charge in [0.1, 0.15) is 11.6 Å². The van der Waals surface area contributed by atoms with E-state index in [1.165, 1.54) is 19.2 Å². The molecular formula is C32H31F2N5O2. The van der Waals surface area contributed by atoms with Crippen LogP contribution >= 0.6 is 0 Å². The third-order valence-electron chi connectivity index (χ3n) is 7.78. The molecule has 0 aliphatic carbocycles. The molecule has 210 valence electrons. The Morgan fingerprint density at radius 1 is 0.976 bits per heavy atom. The minimum atomic E-state index is -0.784. The predicted molar refractivity (Wildman–Crippen MR) is 155 cm³/mol. The standard InChI is InChI=1S/C32H31F2N5O2/c1-5-37-31(40)27-30(39-18-25(19(2)3)35-32(37)39)38(17-23-15-16-24(33)28(41-4)26(23)34)29(36-27)22-13-11-21(12-14-22)20-9-7-6-8-10-20/h6-16,19,25H,5,17-18H2,1-4H3/t25-/m0/s1. The SMILES string of the molecule is CCN1C(=O)c2nc(-c3ccc(-c4ccccc4)cc3)n(Cc3ccc(F)c(OC)c3F)c2N2C[C@@H](C(C)C)N=C12. The van der Waals surface area contributed by atoms with Crippen LogP contribution in [0.15, 0.2) is 71.7 Å². The summed E-state index contributed by atoms with van der Waals surface area (Å²) in [6, 6.07) is 20.5. The highest BCUT2D eigenvalue weighted by atomic mass is 19.1. The number of amides is 1. The van der Waals surface area contributed by atoms with Crippen LogP contribution in [0.1, 0.15) is 36.8 Å². The molecule has 0 spiro atoms. The molecule has 6 rings (SSSR count). The number of hydrogen-bond acceptors (Lipinski definition) is 5. The van der Waals surface area contributed by atoms with Gasteiger partial charge in [0.25, 0.3) is 5.91 Å². The lowest BCUT2D eigenvalue weighted by atomic mass is 10.0. The van der Waals surface area contributed by atoms with Crippen molar-refractivity contribution in [3.63, 3.8) is 0 Å². The number of halogens is 2. The fourth-order valence-corrected chi connectivity index (χ4v) is 5.51. The number of carbonyl (C=O) groups is 1. The molecule has 0 radical (unpaired) electrons. The van der Waals surface area contributed by atoms with Crippen molar-refractivity contribution in [2.24, 2.45) is 10.9 Å². The maximum Gasteiger partial charge on any atom is 0.283 e. The van der Waals surface area contributed by atoms with Gasteiger partial charge in [-0.1, -0.05) is 74.5 Å². The van der Waals surface area contributed by atoms with Crippen molar-refractivity contribution in [2.75, 3.05) is 25.1 Å². The molecule has 0 saturated heterocycles. The van der Waals surface area contributed by atoms with E-state index >= 15 is 4.39 Å². The molecule has 0 unspecified atom stereocenters. The van der Waals surface area contributed by atoms with Gasteiger partial charge in [0.05, 0.1) is 26.2 Å². The van der Waals surface area contributed by atoms with Crippen molar-refractivity contribution in [1.29, 1.82) is 0 Å². The third-order valence-corrected chi connectivity index (χ3v) is 7.78. The first kappa shape index (κ1) is 26.7. The first-order valence-electron chi connectivity index (χ1n) is 13.8. The number of carbonyl (C=O) groups excluding carboxylic acids is 1. The average molecular weight is 556 g/mol. The average Bonchev–Trinajstić information content (AvgIpc) is 3.58. The fraction of sp³-hybridized carbons (Fsp3) is 0.281. The largest absolute Gasteiger partial charge is 0.491 e. The molecule has 0 bridgehead atoms. The van der Waals surface area contributed by atoms with E-state index in [1.807, 2.05) is 71.0 Å². The summed E-state index contributed by atoms with van der Waals surface area (Å²) in [5, 5.41) is 0. The molecule has 1 amide bonds. The number of methoxy groups -OCH3 is 1. The highest BCUT2D eigenvalue weighted by Crippen LogP contribution is 2.38. The monoisotopic (exact) mass is 555 g/mol. The van der Waals surface area contributed by atoms with Gasteiger partial charge in [-0.15, -0.1) is 0 Å². The first-order valence-corrected chi connectivity index (χ1v) is 13.8. The van der Waals surface area contributed by atoms with E-state index in [2.05, 4.69) is 13.8 Å². The van der Waals surface area contributed by atoms with Crippen LogP contribution in [0.25, 0.3) is 22.5 Å². The van der Waals surface area contributed by atoms with Gasteiger partial charge in [-0.05, 0) is 30.0 Å². The lowest BCUT2D eigenvalue weighted by Crippen LogP contribution is -2.50. The zero-order valence-corrected chi connectivity index (χ0v) is 23.4. The number of fused-ring (bicyclic) bond motifs is 3. The molecular weight excluding hydrogens is 524 g/mol. The van der Waals surface area contributed by atoms with Crippen molar-refractivity contribution in [2.45, 2.75) is 33.4 Å². The molecule has 0 saturated carbocycles. The molecule has 2 aliphatic heterocycles. The lowest BCUT2D eigenvalue weighted by Gasteiger charge is -2.34. The fourth-order valence-electron chi connectivity index (χ4n) is 5.51. The number of aromatic nitrogens is 2. The number of nitrogens with zero attached hydrogens (tertiary/aromatic N) is 5. The van der Waals surface area contributed by atoms with Gasteiger partial charge in [-0.25, -0.2) is 18.8 Å². The molecule has 4 aromatic rings.